The molecular formula is C52H78N8O10. The molecule has 3 rings (SSSR count). The number of hydrogen-bond acceptors (Lipinski definition) is 10. The number of amides is 8. The van der Waals surface area contributed by atoms with Crippen molar-refractivity contribution in [3.05, 3.63) is 71.8 Å². The van der Waals surface area contributed by atoms with Crippen molar-refractivity contribution >= 4 is 53.2 Å². The van der Waals surface area contributed by atoms with Crippen LogP contribution in [0.2, 0.25) is 0 Å². The Kier molecular flexibility index (Phi) is 21.1. The van der Waals surface area contributed by atoms with Gasteiger partial charge in [0.25, 0.3) is 5.91 Å². The van der Waals surface area contributed by atoms with Crippen LogP contribution in [-0.4, -0.2) is 167 Å². The molecule has 2 unspecified atom stereocenters. The van der Waals surface area contributed by atoms with Gasteiger partial charge < -0.3 is 45.2 Å². The van der Waals surface area contributed by atoms with E-state index in [0.29, 0.717) is 17.5 Å². The van der Waals surface area contributed by atoms with Crippen LogP contribution in [0, 0.1) is 23.7 Å². The van der Waals surface area contributed by atoms with Crippen molar-refractivity contribution in [1.29, 1.82) is 0 Å². The van der Waals surface area contributed by atoms with E-state index in [1.54, 1.807) is 109 Å². The van der Waals surface area contributed by atoms with Gasteiger partial charge in [-0.05, 0) is 62.1 Å². The average Bonchev–Trinajstić information content (AvgIpc) is 3.33. The second kappa shape index (κ2) is 25.5. The van der Waals surface area contributed by atoms with Crippen molar-refractivity contribution in [2.45, 2.75) is 143 Å². The summed E-state index contributed by atoms with van der Waals surface area (Å²) in [6, 6.07) is 7.47. The maximum atomic E-state index is 15.2. The molecule has 0 aromatic heterocycles. The molecule has 386 valence electrons. The third-order valence-electron chi connectivity index (χ3n) is 13.6. The van der Waals surface area contributed by atoms with E-state index in [9.17, 15) is 38.4 Å². The monoisotopic (exact) mass is 975 g/mol. The number of rotatable bonds is 13. The number of likely N-dealkylation sites (N-methyl/N-ethyl adjacent to an activating group) is 5. The van der Waals surface area contributed by atoms with Crippen LogP contribution in [0.1, 0.15) is 98.5 Å². The number of nitrogens with one attached hydrogen (secondary N) is 3. The van der Waals surface area contributed by atoms with E-state index in [2.05, 4.69) is 16.0 Å². The Labute approximate surface area is 414 Å². The third-order valence-corrected chi connectivity index (χ3v) is 13.6. The first-order valence-electron chi connectivity index (χ1n) is 24.2. The summed E-state index contributed by atoms with van der Waals surface area (Å²) in [5.74, 6) is -8.07. The Balaban J connectivity index is 2.24. The summed E-state index contributed by atoms with van der Waals surface area (Å²) in [5, 5.41) is 8.34. The van der Waals surface area contributed by atoms with Gasteiger partial charge in [0.15, 0.2) is 0 Å². The van der Waals surface area contributed by atoms with Crippen molar-refractivity contribution in [2.75, 3.05) is 35.2 Å². The first-order chi connectivity index (χ1) is 32.7. The molecule has 8 amide bonds. The fourth-order valence-electron chi connectivity index (χ4n) is 8.52. The van der Waals surface area contributed by atoms with Crippen LogP contribution in [-0.2, 0) is 49.5 Å². The lowest BCUT2D eigenvalue weighted by Gasteiger charge is -2.39. The summed E-state index contributed by atoms with van der Waals surface area (Å²) in [5.41, 5.74) is 1.03. The van der Waals surface area contributed by atoms with Gasteiger partial charge in [-0.3, -0.25) is 38.4 Å². The maximum Gasteiger partial charge on any atom is 0.329 e. The molecule has 1 heterocycles. The Morgan fingerprint density at radius 3 is 1.69 bits per heavy atom. The maximum absolute atomic E-state index is 15.2. The number of carbonyl (C=O) groups is 9. The first kappa shape index (κ1) is 58.0. The number of esters is 1. The highest BCUT2D eigenvalue weighted by Gasteiger charge is 2.44. The van der Waals surface area contributed by atoms with Crippen molar-refractivity contribution in [1.82, 2.24) is 40.4 Å². The second-order valence-electron chi connectivity index (χ2n) is 19.7. The highest BCUT2D eigenvalue weighted by atomic mass is 16.5. The summed E-state index contributed by atoms with van der Waals surface area (Å²) < 4.78 is 6.00. The van der Waals surface area contributed by atoms with Crippen LogP contribution in [0.5, 0.6) is 0 Å². The van der Waals surface area contributed by atoms with Crippen LogP contribution >= 0.6 is 0 Å². The zero-order valence-corrected chi connectivity index (χ0v) is 44.0. The summed E-state index contributed by atoms with van der Waals surface area (Å²) >= 11 is 0. The van der Waals surface area contributed by atoms with Crippen molar-refractivity contribution in [2.24, 2.45) is 23.7 Å². The molecule has 1 aliphatic rings. The minimum absolute atomic E-state index is 0.0455. The van der Waals surface area contributed by atoms with Crippen LogP contribution in [0.15, 0.2) is 60.7 Å². The fourth-order valence-corrected chi connectivity index (χ4v) is 8.52. The Morgan fingerprint density at radius 1 is 0.657 bits per heavy atom. The SMILES string of the molecule is CC[C@H](C)[C@@H](C(=O)NC1C(=O)N(C)C(Cc2ccccc2)C(=O)N[C@@H](C(C)C)C(=O)N(C)[C@@H](C)C(=O)N(C)[C@@H](C)C(=O)N[C@@H](C(C)C)C(=O)O[C@@H]1C)N(C)C(=O)[C@H](C(C)C)N(C)C(=O)c1ccccc1. The highest BCUT2D eigenvalue weighted by molar-refractivity contribution is 6.00. The van der Waals surface area contributed by atoms with Gasteiger partial charge in [0.2, 0.25) is 41.4 Å². The molecule has 18 heteroatoms. The molecule has 2 aromatic carbocycles. The van der Waals surface area contributed by atoms with Crippen LogP contribution in [0.3, 0.4) is 0 Å². The number of hydrogen-bond donors (Lipinski definition) is 3. The van der Waals surface area contributed by atoms with Crippen molar-refractivity contribution in [3.63, 3.8) is 0 Å². The van der Waals surface area contributed by atoms with E-state index in [4.69, 9.17) is 4.74 Å². The zero-order chi connectivity index (χ0) is 53.1. The molecule has 3 N–H and O–H groups in total. The number of benzene rings is 2. The summed E-state index contributed by atoms with van der Waals surface area (Å²) in [7, 11) is 7.19. The topological polar surface area (TPSA) is 215 Å². The fraction of sp³-hybridized carbons (Fsp3) is 0.596. The number of ether oxygens (including phenoxy) is 1. The summed E-state index contributed by atoms with van der Waals surface area (Å²) in [4.78, 5) is 135. The predicted octanol–water partition coefficient (Wildman–Crippen LogP) is 3.13. The molecule has 0 spiro atoms. The summed E-state index contributed by atoms with van der Waals surface area (Å²) in [6.07, 6.45) is -1.09. The molecule has 1 saturated heterocycles. The molecular weight excluding hydrogens is 897 g/mol. The molecule has 0 radical (unpaired) electrons. The van der Waals surface area contributed by atoms with Gasteiger partial charge in [0.1, 0.15) is 54.4 Å². The molecule has 70 heavy (non-hydrogen) atoms. The van der Waals surface area contributed by atoms with Gasteiger partial charge in [-0.15, -0.1) is 0 Å². The van der Waals surface area contributed by atoms with Gasteiger partial charge >= 0.3 is 5.97 Å². The number of nitrogens with zero attached hydrogens (tertiary/aromatic N) is 5. The van der Waals surface area contributed by atoms with E-state index < -0.39 is 131 Å². The number of carbonyl (C=O) groups excluding carboxylic acids is 9. The summed E-state index contributed by atoms with van der Waals surface area (Å²) in [6.45, 7) is 18.4. The molecule has 0 bridgehead atoms. The number of cyclic esters (lactones) is 1. The average molecular weight is 975 g/mol. The van der Waals surface area contributed by atoms with Gasteiger partial charge in [-0.25, -0.2) is 4.79 Å². The van der Waals surface area contributed by atoms with E-state index in [0.717, 1.165) is 4.90 Å². The molecule has 2 aromatic rings. The smallest absolute Gasteiger partial charge is 0.329 e. The lowest BCUT2D eigenvalue weighted by Crippen LogP contribution is -2.64. The van der Waals surface area contributed by atoms with Crippen molar-refractivity contribution in [3.8, 4) is 0 Å². The minimum Gasteiger partial charge on any atom is -0.458 e. The van der Waals surface area contributed by atoms with Crippen LogP contribution < -0.4 is 16.0 Å². The normalized spacial score (nSPS) is 23.9. The molecule has 1 aliphatic heterocycles. The molecule has 10 atom stereocenters. The van der Waals surface area contributed by atoms with Gasteiger partial charge in [0, 0.05) is 47.2 Å². The standard InChI is InChI=1S/C52H78N8O10/c1-17-32(8)43(60(16)51(68)42(31(6)7)59(15)48(65)37-26-22-19-23-27-37)46(63)55-41-35(11)70-52(69)40(30(4)5)54-44(61)33(9)56(12)47(64)34(10)57(13)49(66)39(29(2)3)53-45(62)38(58(14)50(41)67)28-36-24-20-18-21-25-36/h18-27,29-35,38-43H,17,28H2,1-16H3,(H,53,62)(H,54,61)(H,55,63)/t32-,33-,34-,35+,38?,39-,40-,41?,42-,43-/m0/s1. The lowest BCUT2D eigenvalue weighted by atomic mass is 9.93. The van der Waals surface area contributed by atoms with Crippen LogP contribution in [0.25, 0.3) is 0 Å². The zero-order valence-electron chi connectivity index (χ0n) is 44.0. The highest BCUT2D eigenvalue weighted by Crippen LogP contribution is 2.23. The van der Waals surface area contributed by atoms with Crippen molar-refractivity contribution < 1.29 is 47.9 Å². The quantitative estimate of drug-likeness (QED) is 0.250. The van der Waals surface area contributed by atoms with E-state index >= 15 is 4.79 Å². The molecule has 0 aliphatic carbocycles. The molecule has 18 nitrogen and oxygen atoms in total. The van der Waals surface area contributed by atoms with Gasteiger partial charge in [-0.2, -0.15) is 0 Å². The van der Waals surface area contributed by atoms with Gasteiger partial charge in [-0.1, -0.05) is 110 Å². The minimum atomic E-state index is -1.69. The molecule has 0 saturated carbocycles. The predicted molar refractivity (Wildman–Crippen MR) is 265 cm³/mol. The largest absolute Gasteiger partial charge is 0.458 e. The van der Waals surface area contributed by atoms with Crippen LogP contribution in [0.4, 0.5) is 0 Å². The first-order valence-corrected chi connectivity index (χ1v) is 24.2. The Hall–Kier alpha value is -6.33. The second-order valence-corrected chi connectivity index (χ2v) is 19.7. The van der Waals surface area contributed by atoms with Gasteiger partial charge in [0.05, 0.1) is 0 Å². The molecule has 1 fully saturated rings. The van der Waals surface area contributed by atoms with E-state index in [1.807, 2.05) is 6.92 Å². The third kappa shape index (κ3) is 13.9. The lowest BCUT2D eigenvalue weighted by molar-refractivity contribution is -0.160. The Bertz CT molecular complexity index is 2170. The Morgan fingerprint density at radius 2 is 1.17 bits per heavy atom. The van der Waals surface area contributed by atoms with E-state index in [1.165, 1.54) is 75.6 Å². The van der Waals surface area contributed by atoms with E-state index in [-0.39, 0.29) is 6.42 Å².